The maximum Gasteiger partial charge on any atom is 0.167 e. The molecule has 0 amide bonds. The van der Waals surface area contributed by atoms with E-state index in [0.29, 0.717) is 29.7 Å². The molecule has 4 heterocycles. The second-order valence-corrected chi connectivity index (χ2v) is 12.6. The predicted octanol–water partition coefficient (Wildman–Crippen LogP) is 2.58. The highest BCUT2D eigenvalue weighted by Gasteiger charge is 2.47. The molecule has 7 rings (SSSR count). The fourth-order valence-electron chi connectivity index (χ4n) is 6.77. The van der Waals surface area contributed by atoms with Crippen molar-refractivity contribution >= 4 is 28.0 Å². The lowest BCUT2D eigenvalue weighted by Gasteiger charge is -2.46. The summed E-state index contributed by atoms with van der Waals surface area (Å²) in [6, 6.07) is 9.31. The predicted molar refractivity (Wildman–Crippen MR) is 155 cm³/mol. The van der Waals surface area contributed by atoms with Gasteiger partial charge < -0.3 is 25.7 Å². The summed E-state index contributed by atoms with van der Waals surface area (Å²) in [4.78, 5) is 23.2. The Labute approximate surface area is 243 Å². The number of nitrogens with zero attached hydrogens (tertiary/aromatic N) is 7. The van der Waals surface area contributed by atoms with Crippen molar-refractivity contribution in [2.24, 2.45) is 5.92 Å². The first kappa shape index (κ1) is 27.2. The molecule has 0 bridgehead atoms. The number of aliphatic hydroxyl groups is 2. The fraction of sp³-hybridized carbons (Fsp3) is 0.567. The number of hydrogen-bond acceptors (Lipinski definition) is 10. The van der Waals surface area contributed by atoms with Crippen LogP contribution in [0.5, 0.6) is 0 Å². The highest BCUT2D eigenvalue weighted by atomic mass is 16.6. The van der Waals surface area contributed by atoms with Crippen LogP contribution in [0, 0.1) is 17.2 Å². The van der Waals surface area contributed by atoms with E-state index >= 15 is 0 Å². The Balaban J connectivity index is 0.957. The maximum atomic E-state index is 10.9. The van der Waals surface area contributed by atoms with Gasteiger partial charge in [0.15, 0.2) is 17.7 Å². The Morgan fingerprint density at radius 1 is 1.21 bits per heavy atom. The smallest absolute Gasteiger partial charge is 0.167 e. The van der Waals surface area contributed by atoms with Gasteiger partial charge in [0.1, 0.15) is 36.0 Å². The lowest BCUT2D eigenvalue weighted by molar-refractivity contribution is -0.0620. The topological polar surface area (TPSA) is 175 Å². The average molecular weight is 572 g/mol. The van der Waals surface area contributed by atoms with E-state index < -0.39 is 24.5 Å². The normalized spacial score (nSPS) is 28.5. The van der Waals surface area contributed by atoms with Crippen molar-refractivity contribution in [1.82, 2.24) is 34.4 Å². The first-order valence-electron chi connectivity index (χ1n) is 14.9. The van der Waals surface area contributed by atoms with Crippen LogP contribution >= 0.6 is 0 Å². The third kappa shape index (κ3) is 4.61. The van der Waals surface area contributed by atoms with E-state index in [0.717, 1.165) is 60.9 Å². The van der Waals surface area contributed by atoms with Gasteiger partial charge in [-0.2, -0.15) is 5.26 Å². The Bertz CT molecular complexity index is 1650. The summed E-state index contributed by atoms with van der Waals surface area (Å²) in [6.45, 7) is 4.84. The molecule has 1 aromatic carbocycles. The molecule has 3 aromatic heterocycles. The van der Waals surface area contributed by atoms with Crippen LogP contribution in [0.4, 0.5) is 5.82 Å². The summed E-state index contributed by atoms with van der Waals surface area (Å²) >= 11 is 0. The van der Waals surface area contributed by atoms with Gasteiger partial charge in [0.05, 0.1) is 28.8 Å². The molecule has 220 valence electrons. The molecular formula is C30H37N9O3. The van der Waals surface area contributed by atoms with Crippen LogP contribution in [0.25, 0.3) is 22.2 Å². The van der Waals surface area contributed by atoms with Gasteiger partial charge in [-0.3, -0.25) is 9.47 Å². The number of rotatable bonds is 9. The van der Waals surface area contributed by atoms with Gasteiger partial charge in [-0.25, -0.2) is 19.9 Å². The van der Waals surface area contributed by atoms with E-state index in [2.05, 4.69) is 63.0 Å². The number of nitrogen functional groups attached to an aromatic ring is 1. The average Bonchev–Trinajstić information content (AvgIpc) is 3.33. The number of ether oxygens (including phenoxy) is 1. The molecule has 1 aliphatic heterocycles. The minimum absolute atomic E-state index is 0.255. The number of aromatic amines is 1. The van der Waals surface area contributed by atoms with Gasteiger partial charge >= 0.3 is 0 Å². The molecule has 12 heteroatoms. The molecule has 2 aliphatic carbocycles. The Morgan fingerprint density at radius 2 is 2.02 bits per heavy atom. The number of fused-ring (bicyclic) bond motifs is 2. The molecule has 3 fully saturated rings. The van der Waals surface area contributed by atoms with Crippen molar-refractivity contribution in [3.8, 4) is 6.07 Å². The van der Waals surface area contributed by atoms with Crippen LogP contribution in [-0.2, 0) is 16.6 Å². The van der Waals surface area contributed by atoms with Crippen molar-refractivity contribution < 1.29 is 14.9 Å². The van der Waals surface area contributed by atoms with Crippen LogP contribution in [0.3, 0.4) is 0 Å². The quantitative estimate of drug-likeness (QED) is 0.234. The maximum absolute atomic E-state index is 10.9. The summed E-state index contributed by atoms with van der Waals surface area (Å²) in [5, 5.41) is 31.4. The molecule has 0 spiro atoms. The van der Waals surface area contributed by atoms with Gasteiger partial charge in [0.2, 0.25) is 0 Å². The third-order valence-electron chi connectivity index (χ3n) is 9.57. The van der Waals surface area contributed by atoms with Gasteiger partial charge in [0.25, 0.3) is 0 Å². The minimum Gasteiger partial charge on any atom is -0.387 e. The summed E-state index contributed by atoms with van der Waals surface area (Å²) in [6.07, 6.45) is 5.29. The van der Waals surface area contributed by atoms with Gasteiger partial charge in [-0.1, -0.05) is 6.07 Å². The van der Waals surface area contributed by atoms with Crippen molar-refractivity contribution in [2.75, 3.05) is 12.3 Å². The van der Waals surface area contributed by atoms with Gasteiger partial charge in [0, 0.05) is 25.0 Å². The summed E-state index contributed by atoms with van der Waals surface area (Å²) in [7, 11) is 0. The molecule has 5 N–H and O–H groups in total. The number of nitriles is 1. The van der Waals surface area contributed by atoms with Crippen molar-refractivity contribution in [2.45, 2.75) is 94.4 Å². The first-order valence-corrected chi connectivity index (χ1v) is 14.9. The Hall–Kier alpha value is -3.63. The first-order chi connectivity index (χ1) is 20.3. The number of aliphatic hydroxyl groups excluding tert-OH is 2. The molecular weight excluding hydrogens is 534 g/mol. The number of nitrogens with one attached hydrogen (secondary N) is 1. The molecule has 1 saturated heterocycles. The SMILES string of the molecule is CC(C)N(C[C@H]1O[C@@H](n2cnc3c(N)ncnc32)[C@H](O)[C@@H]1O)C1CC(CCc2nc3cc(C4(C#N)CC4)ccc3[nH]2)C1. The summed E-state index contributed by atoms with van der Waals surface area (Å²) < 4.78 is 7.85. The standard InChI is InChI=1S/C30H37N9O3/c1-16(2)38(12-22-25(40)26(41)29(42-22)39-15-35-24-27(32)33-14-34-28(24)39)19-9-17(10-19)3-6-23-36-20-5-4-18(11-21(20)37-23)30(13-31)7-8-30/h4-5,11,14-17,19,22,25-26,29,40-41H,3,6-10,12H2,1-2H3,(H,36,37)(H2,32,33,34)/t17?,19?,22-,25-,26-,29-/m1/s1. The van der Waals surface area contributed by atoms with Gasteiger partial charge in [-0.15, -0.1) is 0 Å². The van der Waals surface area contributed by atoms with E-state index in [-0.39, 0.29) is 17.3 Å². The number of imidazole rings is 2. The second-order valence-electron chi connectivity index (χ2n) is 12.6. The summed E-state index contributed by atoms with van der Waals surface area (Å²) in [5.74, 6) is 1.85. The largest absolute Gasteiger partial charge is 0.387 e. The van der Waals surface area contributed by atoms with Crippen LogP contribution in [0.15, 0.2) is 30.9 Å². The number of anilines is 1. The van der Waals surface area contributed by atoms with E-state index in [9.17, 15) is 15.5 Å². The van der Waals surface area contributed by atoms with E-state index in [1.165, 1.54) is 12.7 Å². The highest BCUT2D eigenvalue weighted by molar-refractivity contribution is 5.81. The van der Waals surface area contributed by atoms with Gasteiger partial charge in [-0.05, 0) is 69.6 Å². The molecule has 0 radical (unpaired) electrons. The fourth-order valence-corrected chi connectivity index (χ4v) is 6.77. The molecule has 0 unspecified atom stereocenters. The van der Waals surface area contributed by atoms with Crippen molar-refractivity contribution in [1.29, 1.82) is 5.26 Å². The zero-order chi connectivity index (χ0) is 29.2. The molecule has 12 nitrogen and oxygen atoms in total. The zero-order valence-corrected chi connectivity index (χ0v) is 23.9. The number of nitrogens with two attached hydrogens (primary N) is 1. The number of benzene rings is 1. The van der Waals surface area contributed by atoms with Crippen LogP contribution in [0.2, 0.25) is 0 Å². The Morgan fingerprint density at radius 3 is 2.76 bits per heavy atom. The second kappa shape index (κ2) is 10.3. The molecule has 2 saturated carbocycles. The number of H-pyrrole nitrogens is 1. The van der Waals surface area contributed by atoms with Crippen LogP contribution in [0.1, 0.15) is 63.6 Å². The lowest BCUT2D eigenvalue weighted by Crippen LogP contribution is -2.52. The molecule has 4 aromatic rings. The molecule has 42 heavy (non-hydrogen) atoms. The lowest BCUT2D eigenvalue weighted by atomic mass is 9.76. The van der Waals surface area contributed by atoms with Crippen LogP contribution in [-0.4, -0.2) is 81.5 Å². The highest BCUT2D eigenvalue weighted by Crippen LogP contribution is 2.48. The van der Waals surface area contributed by atoms with E-state index in [1.54, 1.807) is 4.57 Å². The van der Waals surface area contributed by atoms with Crippen LogP contribution < -0.4 is 5.73 Å². The minimum atomic E-state index is -1.12. The van der Waals surface area contributed by atoms with Crippen molar-refractivity contribution in [3.63, 3.8) is 0 Å². The zero-order valence-electron chi connectivity index (χ0n) is 23.9. The number of aryl methyl sites for hydroxylation is 1. The molecule has 3 aliphatic rings. The molecule has 4 atom stereocenters. The third-order valence-corrected chi connectivity index (χ3v) is 9.57. The number of aromatic nitrogens is 6. The number of hydrogen-bond donors (Lipinski definition) is 4. The summed E-state index contributed by atoms with van der Waals surface area (Å²) in [5.41, 5.74) is 9.57. The van der Waals surface area contributed by atoms with E-state index in [1.807, 2.05) is 0 Å². The van der Waals surface area contributed by atoms with E-state index in [4.69, 9.17) is 15.5 Å². The monoisotopic (exact) mass is 571 g/mol. The van der Waals surface area contributed by atoms with Crippen molar-refractivity contribution in [3.05, 3.63) is 42.2 Å². The Kier molecular flexibility index (Phi) is 6.66.